The van der Waals surface area contributed by atoms with E-state index in [1.54, 1.807) is 12.1 Å². The molecule has 0 fully saturated rings. The van der Waals surface area contributed by atoms with Crippen LogP contribution in [0.4, 0.5) is 5.69 Å². The van der Waals surface area contributed by atoms with E-state index >= 15 is 0 Å². The summed E-state index contributed by atoms with van der Waals surface area (Å²) in [5.74, 6) is -0.573. The lowest BCUT2D eigenvalue weighted by Gasteiger charge is -2.17. The van der Waals surface area contributed by atoms with Crippen LogP contribution in [-0.2, 0) is 24.8 Å². The highest BCUT2D eigenvalue weighted by molar-refractivity contribution is 9.10. The molecule has 0 bridgehead atoms. The Balaban J connectivity index is 2.06. The van der Waals surface area contributed by atoms with E-state index < -0.39 is 32.5 Å². The van der Waals surface area contributed by atoms with E-state index in [1.165, 1.54) is 43.4 Å². The molecule has 0 radical (unpaired) electrons. The van der Waals surface area contributed by atoms with Gasteiger partial charge in [0, 0.05) is 17.2 Å². The van der Waals surface area contributed by atoms with Crippen LogP contribution in [0, 0.1) is 0 Å². The van der Waals surface area contributed by atoms with Crippen molar-refractivity contribution < 1.29 is 21.6 Å². The zero-order valence-corrected chi connectivity index (χ0v) is 16.8. The highest BCUT2D eigenvalue weighted by Crippen LogP contribution is 2.18. The largest absolute Gasteiger partial charge is 0.325 e. The first-order chi connectivity index (χ1) is 12.0. The van der Waals surface area contributed by atoms with Crippen LogP contribution >= 0.6 is 15.9 Å². The van der Waals surface area contributed by atoms with E-state index in [0.29, 0.717) is 5.69 Å². The highest BCUT2D eigenvalue weighted by atomic mass is 79.9. The predicted octanol–water partition coefficient (Wildman–Crippen LogP) is 1.36. The number of nitrogens with two attached hydrogens (primary N) is 1. The lowest BCUT2D eigenvalue weighted by atomic mass is 10.3. The quantitative estimate of drug-likeness (QED) is 0.670. The maximum absolute atomic E-state index is 12.4. The number of anilines is 1. The van der Waals surface area contributed by atoms with Gasteiger partial charge >= 0.3 is 0 Å². The van der Waals surface area contributed by atoms with Crippen molar-refractivity contribution in [3.05, 3.63) is 53.0 Å². The second-order valence-corrected chi connectivity index (χ2v) is 9.85. The van der Waals surface area contributed by atoms with Gasteiger partial charge in [-0.15, -0.1) is 0 Å². The fourth-order valence-electron chi connectivity index (χ4n) is 2.00. The molecule has 0 aliphatic carbocycles. The number of carbonyl (C=O) groups is 1. The number of amides is 1. The molecule has 0 heterocycles. The fraction of sp³-hybridized carbons (Fsp3) is 0.133. The van der Waals surface area contributed by atoms with Crippen LogP contribution in [0.1, 0.15) is 0 Å². The summed E-state index contributed by atoms with van der Waals surface area (Å²) >= 11 is 3.23. The summed E-state index contributed by atoms with van der Waals surface area (Å²) in [6.45, 7) is -0.407. The predicted molar refractivity (Wildman–Crippen MR) is 100 cm³/mol. The van der Waals surface area contributed by atoms with E-state index in [9.17, 15) is 21.6 Å². The van der Waals surface area contributed by atoms with Gasteiger partial charge < -0.3 is 5.32 Å². The summed E-state index contributed by atoms with van der Waals surface area (Å²) in [6, 6.07) is 11.3. The van der Waals surface area contributed by atoms with Crippen LogP contribution in [-0.4, -0.2) is 40.6 Å². The van der Waals surface area contributed by atoms with Crippen LogP contribution in [0.15, 0.2) is 62.8 Å². The molecule has 1 amide bonds. The summed E-state index contributed by atoms with van der Waals surface area (Å²) in [5.41, 5.74) is 0.317. The van der Waals surface area contributed by atoms with Crippen molar-refractivity contribution in [1.82, 2.24) is 4.31 Å². The second-order valence-electron chi connectivity index (χ2n) is 5.33. The molecule has 3 N–H and O–H groups in total. The minimum atomic E-state index is -3.82. The van der Waals surface area contributed by atoms with Gasteiger partial charge in [0.25, 0.3) is 0 Å². The molecule has 0 saturated carbocycles. The van der Waals surface area contributed by atoms with Crippen molar-refractivity contribution in [3.63, 3.8) is 0 Å². The number of nitrogens with zero attached hydrogens (tertiary/aromatic N) is 1. The van der Waals surface area contributed by atoms with Crippen LogP contribution in [0.3, 0.4) is 0 Å². The van der Waals surface area contributed by atoms with Crippen LogP contribution < -0.4 is 10.5 Å². The van der Waals surface area contributed by atoms with Crippen molar-refractivity contribution >= 4 is 47.6 Å². The van der Waals surface area contributed by atoms with E-state index in [4.69, 9.17) is 5.14 Å². The first kappa shape index (κ1) is 20.5. The topological polar surface area (TPSA) is 127 Å². The average Bonchev–Trinajstić information content (AvgIpc) is 2.54. The van der Waals surface area contributed by atoms with Crippen LogP contribution in [0.2, 0.25) is 0 Å². The Labute approximate surface area is 160 Å². The Morgan fingerprint density at radius 2 is 1.50 bits per heavy atom. The Morgan fingerprint density at radius 3 is 2.00 bits per heavy atom. The van der Waals surface area contributed by atoms with Crippen LogP contribution in [0.25, 0.3) is 0 Å². The van der Waals surface area contributed by atoms with Gasteiger partial charge in [-0.2, -0.15) is 4.31 Å². The maximum atomic E-state index is 12.4. The van der Waals surface area contributed by atoms with Gasteiger partial charge in [0.05, 0.1) is 16.3 Å². The number of halogens is 1. The molecule has 0 atom stereocenters. The minimum Gasteiger partial charge on any atom is -0.325 e. The van der Waals surface area contributed by atoms with Gasteiger partial charge in [0.1, 0.15) is 0 Å². The number of hydrogen-bond donors (Lipinski definition) is 2. The molecule has 0 spiro atoms. The Bertz CT molecular complexity index is 1000. The number of hydrogen-bond acceptors (Lipinski definition) is 5. The Morgan fingerprint density at radius 1 is 1.00 bits per heavy atom. The molecule has 26 heavy (non-hydrogen) atoms. The van der Waals surface area contributed by atoms with E-state index in [0.717, 1.165) is 8.78 Å². The molecule has 2 aromatic rings. The van der Waals surface area contributed by atoms with Gasteiger partial charge in [-0.3, -0.25) is 4.79 Å². The molecular formula is C15H16BrN3O5S2. The summed E-state index contributed by atoms with van der Waals surface area (Å²) < 4.78 is 48.9. The molecule has 0 aliphatic rings. The first-order valence-electron chi connectivity index (χ1n) is 7.15. The van der Waals surface area contributed by atoms with E-state index in [2.05, 4.69) is 21.2 Å². The molecule has 2 rings (SSSR count). The van der Waals surface area contributed by atoms with Crippen molar-refractivity contribution in [1.29, 1.82) is 0 Å². The molecule has 11 heteroatoms. The molecule has 0 saturated heterocycles. The summed E-state index contributed by atoms with van der Waals surface area (Å²) in [7, 11) is -6.34. The van der Waals surface area contributed by atoms with Crippen molar-refractivity contribution in [2.24, 2.45) is 5.14 Å². The molecule has 0 aliphatic heterocycles. The molecular weight excluding hydrogens is 446 g/mol. The smallest absolute Gasteiger partial charge is 0.243 e. The average molecular weight is 462 g/mol. The normalized spacial score (nSPS) is 12.2. The third-order valence-electron chi connectivity index (χ3n) is 3.35. The molecule has 140 valence electrons. The van der Waals surface area contributed by atoms with Gasteiger partial charge in [-0.1, -0.05) is 15.9 Å². The van der Waals surface area contributed by atoms with Crippen molar-refractivity contribution in [3.8, 4) is 0 Å². The number of nitrogens with one attached hydrogen (secondary N) is 1. The van der Waals surface area contributed by atoms with Crippen molar-refractivity contribution in [2.45, 2.75) is 9.79 Å². The molecule has 0 aromatic heterocycles. The maximum Gasteiger partial charge on any atom is 0.243 e. The minimum absolute atomic E-state index is 0.0634. The number of benzene rings is 2. The zero-order chi connectivity index (χ0) is 19.5. The number of rotatable bonds is 6. The number of primary sulfonamides is 1. The number of likely N-dealkylation sites (N-methyl/N-ethyl adjacent to an activating group) is 1. The van der Waals surface area contributed by atoms with Crippen molar-refractivity contribution in [2.75, 3.05) is 18.9 Å². The lowest BCUT2D eigenvalue weighted by molar-refractivity contribution is -0.116. The monoisotopic (exact) mass is 461 g/mol. The van der Waals surface area contributed by atoms with Gasteiger partial charge in [0.15, 0.2) is 0 Å². The summed E-state index contributed by atoms with van der Waals surface area (Å²) in [6.07, 6.45) is 0. The number of carbonyl (C=O) groups excluding carboxylic acids is 1. The third-order valence-corrected chi connectivity index (χ3v) is 6.63. The Hall–Kier alpha value is -1.79. The van der Waals surface area contributed by atoms with Crippen LogP contribution in [0.5, 0.6) is 0 Å². The summed E-state index contributed by atoms with van der Waals surface area (Å²) in [5, 5.41) is 7.49. The fourth-order valence-corrected chi connectivity index (χ4v) is 3.91. The Kier molecular flexibility index (Phi) is 6.19. The van der Waals surface area contributed by atoms with E-state index in [-0.39, 0.29) is 9.79 Å². The zero-order valence-electron chi connectivity index (χ0n) is 13.6. The third kappa shape index (κ3) is 5.11. The molecule has 8 nitrogen and oxygen atoms in total. The van der Waals surface area contributed by atoms with Gasteiger partial charge in [-0.25, -0.2) is 22.0 Å². The summed E-state index contributed by atoms with van der Waals surface area (Å²) in [4.78, 5) is 12.0. The standard InChI is InChI=1S/C15H16BrN3O5S2/c1-19(26(23,24)14-6-2-11(16)3-7-14)10-15(20)18-12-4-8-13(9-5-12)25(17,21)22/h2-9H,10H2,1H3,(H,18,20)(H2,17,21,22). The van der Waals surface area contributed by atoms with Gasteiger partial charge in [0.2, 0.25) is 26.0 Å². The SMILES string of the molecule is CN(CC(=O)Nc1ccc(S(N)(=O)=O)cc1)S(=O)(=O)c1ccc(Br)cc1. The molecule has 2 aromatic carbocycles. The highest BCUT2D eigenvalue weighted by Gasteiger charge is 2.23. The van der Waals surface area contributed by atoms with E-state index in [1.807, 2.05) is 0 Å². The first-order valence-corrected chi connectivity index (χ1v) is 10.9. The number of sulfonamides is 2. The second kappa shape index (κ2) is 7.84. The van der Waals surface area contributed by atoms with Gasteiger partial charge in [-0.05, 0) is 48.5 Å². The lowest BCUT2D eigenvalue weighted by Crippen LogP contribution is -2.34. The molecule has 0 unspecified atom stereocenters.